The molecular weight excluding hydrogens is 401 g/mol. The lowest BCUT2D eigenvalue weighted by molar-refractivity contribution is -0.141. The topological polar surface area (TPSA) is 82.1 Å². The standard InChI is InChI=1S/C20H22FNO6S/c1-13-4-8-18-17(10-13)22(12-14(28-18)5-9-20(23)27-3)29(24,25)15-6-7-16(21)19(11-15)26-2/h4,6-8,10-11,14H,5,9,12H2,1-3H3. The maximum absolute atomic E-state index is 13.8. The van der Waals surface area contributed by atoms with Gasteiger partial charge >= 0.3 is 5.97 Å². The van der Waals surface area contributed by atoms with E-state index in [9.17, 15) is 17.6 Å². The SMILES string of the molecule is COC(=O)CCC1CN(S(=O)(=O)c2ccc(F)c(OC)c2)c2cc(C)ccc2O1. The number of carbonyl (C=O) groups is 1. The number of esters is 1. The van der Waals surface area contributed by atoms with Crippen molar-refractivity contribution >= 4 is 21.7 Å². The fraction of sp³-hybridized carbons (Fsp3) is 0.350. The Kier molecular flexibility index (Phi) is 5.97. The minimum atomic E-state index is -4.03. The molecule has 156 valence electrons. The summed E-state index contributed by atoms with van der Waals surface area (Å²) in [6.07, 6.45) is -0.152. The maximum Gasteiger partial charge on any atom is 0.305 e. The molecule has 0 amide bonds. The first kappa shape index (κ1) is 20.9. The van der Waals surface area contributed by atoms with Gasteiger partial charge in [0.25, 0.3) is 10.0 Å². The lowest BCUT2D eigenvalue weighted by atomic mass is 10.1. The minimum Gasteiger partial charge on any atom is -0.494 e. The summed E-state index contributed by atoms with van der Waals surface area (Å²) in [4.78, 5) is 11.4. The highest BCUT2D eigenvalue weighted by Gasteiger charge is 2.35. The van der Waals surface area contributed by atoms with E-state index in [2.05, 4.69) is 4.74 Å². The molecule has 29 heavy (non-hydrogen) atoms. The summed E-state index contributed by atoms with van der Waals surface area (Å²) in [7, 11) is -1.47. The molecule has 0 saturated heterocycles. The number of methoxy groups -OCH3 is 2. The molecule has 0 radical (unpaired) electrons. The second kappa shape index (κ2) is 8.28. The van der Waals surface area contributed by atoms with Gasteiger partial charge in [-0.05, 0) is 43.2 Å². The fourth-order valence-corrected chi connectivity index (χ4v) is 4.62. The maximum atomic E-state index is 13.8. The average Bonchev–Trinajstić information content (AvgIpc) is 2.71. The molecule has 2 aromatic rings. The number of rotatable bonds is 6. The zero-order valence-corrected chi connectivity index (χ0v) is 17.2. The first-order valence-corrected chi connectivity index (χ1v) is 10.4. The lowest BCUT2D eigenvalue weighted by Gasteiger charge is -2.35. The van der Waals surface area contributed by atoms with Crippen molar-refractivity contribution in [3.63, 3.8) is 0 Å². The number of sulfonamides is 1. The summed E-state index contributed by atoms with van der Waals surface area (Å²) in [5.41, 5.74) is 1.25. The number of halogens is 1. The summed E-state index contributed by atoms with van der Waals surface area (Å²) >= 11 is 0. The Morgan fingerprint density at radius 2 is 2.00 bits per heavy atom. The Morgan fingerprint density at radius 3 is 2.69 bits per heavy atom. The molecule has 0 aromatic heterocycles. The molecule has 2 aromatic carbocycles. The van der Waals surface area contributed by atoms with Gasteiger partial charge in [-0.3, -0.25) is 9.10 Å². The Hall–Kier alpha value is -2.81. The van der Waals surface area contributed by atoms with Crippen molar-refractivity contribution in [2.45, 2.75) is 30.8 Å². The van der Waals surface area contributed by atoms with Gasteiger partial charge in [0.15, 0.2) is 11.6 Å². The van der Waals surface area contributed by atoms with E-state index in [1.807, 2.05) is 13.0 Å². The van der Waals surface area contributed by atoms with Gasteiger partial charge in [-0.1, -0.05) is 6.07 Å². The van der Waals surface area contributed by atoms with Crippen LogP contribution in [0, 0.1) is 12.7 Å². The van der Waals surface area contributed by atoms with E-state index in [1.165, 1.54) is 24.6 Å². The molecule has 0 N–H and O–H groups in total. The molecule has 0 saturated carbocycles. The third kappa shape index (κ3) is 4.29. The molecule has 0 fully saturated rings. The first-order chi connectivity index (χ1) is 13.8. The number of hydrogen-bond acceptors (Lipinski definition) is 6. The van der Waals surface area contributed by atoms with Crippen LogP contribution < -0.4 is 13.8 Å². The number of nitrogens with zero attached hydrogens (tertiary/aromatic N) is 1. The van der Waals surface area contributed by atoms with Crippen LogP contribution in [0.4, 0.5) is 10.1 Å². The monoisotopic (exact) mass is 423 g/mol. The predicted octanol–water partition coefficient (Wildman–Crippen LogP) is 3.05. The molecule has 1 heterocycles. The smallest absolute Gasteiger partial charge is 0.305 e. The highest BCUT2D eigenvalue weighted by Crippen LogP contribution is 2.39. The van der Waals surface area contributed by atoms with Gasteiger partial charge < -0.3 is 14.2 Å². The van der Waals surface area contributed by atoms with Crippen LogP contribution in [0.15, 0.2) is 41.3 Å². The third-order valence-electron chi connectivity index (χ3n) is 4.65. The quantitative estimate of drug-likeness (QED) is 0.665. The van der Waals surface area contributed by atoms with Crippen molar-refractivity contribution < 1.29 is 31.8 Å². The molecular formula is C20H22FNO6S. The van der Waals surface area contributed by atoms with Crippen LogP contribution in [0.1, 0.15) is 18.4 Å². The zero-order chi connectivity index (χ0) is 21.2. The van der Waals surface area contributed by atoms with Gasteiger partial charge in [-0.2, -0.15) is 0 Å². The Balaban J connectivity index is 2.01. The summed E-state index contributed by atoms with van der Waals surface area (Å²) in [5, 5.41) is 0. The fourth-order valence-electron chi connectivity index (χ4n) is 3.11. The number of fused-ring (bicyclic) bond motifs is 1. The molecule has 1 aliphatic heterocycles. The molecule has 1 aliphatic rings. The number of ether oxygens (including phenoxy) is 3. The van der Waals surface area contributed by atoms with E-state index in [1.54, 1.807) is 12.1 Å². The van der Waals surface area contributed by atoms with Crippen molar-refractivity contribution in [1.29, 1.82) is 0 Å². The van der Waals surface area contributed by atoms with E-state index in [-0.39, 0.29) is 23.6 Å². The number of aryl methyl sites for hydroxylation is 1. The zero-order valence-electron chi connectivity index (χ0n) is 16.3. The van der Waals surface area contributed by atoms with E-state index >= 15 is 0 Å². The number of hydrogen-bond donors (Lipinski definition) is 0. The largest absolute Gasteiger partial charge is 0.494 e. The van der Waals surface area contributed by atoms with Gasteiger partial charge in [0.1, 0.15) is 11.9 Å². The highest BCUT2D eigenvalue weighted by atomic mass is 32.2. The van der Waals surface area contributed by atoms with Crippen molar-refractivity contribution in [3.8, 4) is 11.5 Å². The molecule has 3 rings (SSSR count). The Labute approximate surface area is 169 Å². The lowest BCUT2D eigenvalue weighted by Crippen LogP contribution is -2.43. The second-order valence-corrected chi connectivity index (χ2v) is 8.52. The summed E-state index contributed by atoms with van der Waals surface area (Å²) in [6.45, 7) is 1.85. The molecule has 7 nitrogen and oxygen atoms in total. The summed E-state index contributed by atoms with van der Waals surface area (Å²) < 4.78 is 57.2. The molecule has 1 atom stereocenters. The van der Waals surface area contributed by atoms with Crippen molar-refractivity contribution in [2.24, 2.45) is 0 Å². The van der Waals surface area contributed by atoms with Crippen LogP contribution in [0.3, 0.4) is 0 Å². The highest BCUT2D eigenvalue weighted by molar-refractivity contribution is 7.92. The van der Waals surface area contributed by atoms with Crippen LogP contribution in [-0.2, 0) is 19.6 Å². The number of anilines is 1. The number of benzene rings is 2. The minimum absolute atomic E-state index is 0.00940. The van der Waals surface area contributed by atoms with Gasteiger partial charge in [0, 0.05) is 12.5 Å². The van der Waals surface area contributed by atoms with E-state index in [4.69, 9.17) is 9.47 Å². The van der Waals surface area contributed by atoms with E-state index in [0.717, 1.165) is 17.7 Å². The van der Waals surface area contributed by atoms with Crippen LogP contribution in [0.25, 0.3) is 0 Å². The molecule has 0 bridgehead atoms. The van der Waals surface area contributed by atoms with Crippen LogP contribution in [-0.4, -0.2) is 41.3 Å². The van der Waals surface area contributed by atoms with E-state index in [0.29, 0.717) is 17.9 Å². The molecule has 9 heteroatoms. The van der Waals surface area contributed by atoms with Crippen LogP contribution in [0.2, 0.25) is 0 Å². The van der Waals surface area contributed by atoms with Crippen molar-refractivity contribution in [3.05, 3.63) is 47.8 Å². The average molecular weight is 423 g/mol. The Bertz CT molecular complexity index is 1020. The van der Waals surface area contributed by atoms with Crippen LogP contribution in [0.5, 0.6) is 11.5 Å². The van der Waals surface area contributed by atoms with Crippen molar-refractivity contribution in [1.82, 2.24) is 0 Å². The van der Waals surface area contributed by atoms with Crippen LogP contribution >= 0.6 is 0 Å². The first-order valence-electron chi connectivity index (χ1n) is 8.96. The van der Waals surface area contributed by atoms with Gasteiger partial charge in [-0.15, -0.1) is 0 Å². The van der Waals surface area contributed by atoms with Gasteiger partial charge in [-0.25, -0.2) is 12.8 Å². The van der Waals surface area contributed by atoms with E-state index < -0.39 is 27.9 Å². The van der Waals surface area contributed by atoms with Crippen molar-refractivity contribution in [2.75, 3.05) is 25.1 Å². The predicted molar refractivity (Wildman–Crippen MR) is 104 cm³/mol. The normalized spacial score (nSPS) is 16.0. The summed E-state index contributed by atoms with van der Waals surface area (Å²) in [6, 6.07) is 8.62. The molecule has 0 spiro atoms. The number of carbonyl (C=O) groups excluding carboxylic acids is 1. The molecule has 1 unspecified atom stereocenters. The van der Waals surface area contributed by atoms with Gasteiger partial charge in [0.05, 0.1) is 31.3 Å². The molecule has 0 aliphatic carbocycles. The third-order valence-corrected chi connectivity index (χ3v) is 6.43. The summed E-state index contributed by atoms with van der Waals surface area (Å²) in [5.74, 6) is -0.818. The van der Waals surface area contributed by atoms with Gasteiger partial charge in [0.2, 0.25) is 0 Å². The Morgan fingerprint density at radius 1 is 1.24 bits per heavy atom. The second-order valence-electron chi connectivity index (χ2n) is 6.66.